The minimum absolute atomic E-state index is 0.141. The second kappa shape index (κ2) is 5.42. The van der Waals surface area contributed by atoms with E-state index in [-0.39, 0.29) is 12.5 Å². The predicted octanol–water partition coefficient (Wildman–Crippen LogP) is 2.70. The van der Waals surface area contributed by atoms with E-state index in [9.17, 15) is 9.59 Å². The molecule has 5 nitrogen and oxygen atoms in total. The van der Waals surface area contributed by atoms with Crippen LogP contribution >= 0.6 is 11.6 Å². The smallest absolute Gasteiger partial charge is 0.319 e. The van der Waals surface area contributed by atoms with Crippen LogP contribution in [0.4, 0.5) is 4.79 Å². The maximum absolute atomic E-state index is 12.7. The van der Waals surface area contributed by atoms with Gasteiger partial charge in [-0.1, -0.05) is 29.8 Å². The number of carbonyl (C=O) groups is 2. The lowest BCUT2D eigenvalue weighted by Crippen LogP contribution is -2.40. The van der Waals surface area contributed by atoms with Crippen molar-refractivity contribution >= 4 is 23.5 Å². The number of amides is 3. The number of rotatable bonds is 3. The first kappa shape index (κ1) is 14.5. The van der Waals surface area contributed by atoms with Crippen molar-refractivity contribution in [1.29, 1.82) is 0 Å². The van der Waals surface area contributed by atoms with Crippen LogP contribution < -0.4 is 5.32 Å². The van der Waals surface area contributed by atoms with E-state index in [2.05, 4.69) is 10.3 Å². The first-order valence-corrected chi connectivity index (χ1v) is 7.18. The van der Waals surface area contributed by atoms with Gasteiger partial charge in [-0.2, -0.15) is 0 Å². The van der Waals surface area contributed by atoms with E-state index >= 15 is 0 Å². The number of urea groups is 1. The average molecular weight is 316 g/mol. The molecule has 112 valence electrons. The van der Waals surface area contributed by atoms with Gasteiger partial charge in [-0.25, -0.2) is 4.79 Å². The number of nitrogens with zero attached hydrogens (tertiary/aromatic N) is 2. The molecule has 0 radical (unpaired) electrons. The minimum Gasteiger partial charge on any atom is -0.319 e. The van der Waals surface area contributed by atoms with E-state index in [0.29, 0.717) is 16.3 Å². The quantitative estimate of drug-likeness (QED) is 0.886. The number of hydrogen-bond donors (Lipinski definition) is 1. The van der Waals surface area contributed by atoms with Crippen molar-refractivity contribution in [3.05, 3.63) is 64.9 Å². The second-order valence-electron chi connectivity index (χ2n) is 5.28. The van der Waals surface area contributed by atoms with Crippen LogP contribution in [-0.4, -0.2) is 21.8 Å². The molecule has 1 aliphatic heterocycles. The summed E-state index contributed by atoms with van der Waals surface area (Å²) in [7, 11) is 0. The van der Waals surface area contributed by atoms with Gasteiger partial charge in [0.1, 0.15) is 5.54 Å². The normalized spacial score (nSPS) is 21.1. The van der Waals surface area contributed by atoms with Gasteiger partial charge in [0, 0.05) is 11.2 Å². The van der Waals surface area contributed by atoms with E-state index in [1.165, 1.54) is 4.90 Å². The number of hydrogen-bond acceptors (Lipinski definition) is 3. The molecule has 3 amide bonds. The van der Waals surface area contributed by atoms with Crippen molar-refractivity contribution < 1.29 is 9.59 Å². The van der Waals surface area contributed by atoms with Crippen molar-refractivity contribution in [3.8, 4) is 0 Å². The zero-order valence-electron chi connectivity index (χ0n) is 11.9. The molecule has 0 spiro atoms. The molecule has 0 saturated carbocycles. The molecule has 22 heavy (non-hydrogen) atoms. The van der Waals surface area contributed by atoms with Crippen molar-refractivity contribution in [2.75, 3.05) is 0 Å². The Kier molecular flexibility index (Phi) is 3.58. The summed E-state index contributed by atoms with van der Waals surface area (Å²) in [6, 6.07) is 11.9. The van der Waals surface area contributed by atoms with E-state index in [0.717, 1.165) is 0 Å². The third-order valence-corrected chi connectivity index (χ3v) is 3.96. The number of benzene rings is 1. The van der Waals surface area contributed by atoms with Gasteiger partial charge in [-0.15, -0.1) is 0 Å². The van der Waals surface area contributed by atoms with Crippen LogP contribution in [0.15, 0.2) is 48.7 Å². The number of pyridine rings is 1. The molecular weight excluding hydrogens is 302 g/mol. The van der Waals surface area contributed by atoms with Gasteiger partial charge in [-0.05, 0) is 36.8 Å². The molecule has 2 heterocycles. The topological polar surface area (TPSA) is 62.3 Å². The van der Waals surface area contributed by atoms with Crippen LogP contribution in [0, 0.1) is 0 Å². The summed E-state index contributed by atoms with van der Waals surface area (Å²) in [4.78, 5) is 30.2. The van der Waals surface area contributed by atoms with Crippen molar-refractivity contribution in [3.63, 3.8) is 0 Å². The largest absolute Gasteiger partial charge is 0.325 e. The Bertz CT molecular complexity index is 735. The van der Waals surface area contributed by atoms with E-state index in [4.69, 9.17) is 11.6 Å². The minimum atomic E-state index is -1.11. The van der Waals surface area contributed by atoms with E-state index in [1.54, 1.807) is 49.5 Å². The standard InChI is InChI=1S/C16H14ClN3O2/c1-16(11-5-4-6-12(17)9-11)14(21)20(15(22)19-16)10-13-7-2-3-8-18-13/h2-9H,10H2,1H3,(H,19,22)/t16-/m0/s1. The van der Waals surface area contributed by atoms with Gasteiger partial charge in [0.25, 0.3) is 5.91 Å². The number of nitrogens with one attached hydrogen (secondary N) is 1. The Morgan fingerprint density at radius 2 is 2.05 bits per heavy atom. The molecule has 6 heteroatoms. The number of carbonyl (C=O) groups excluding carboxylic acids is 2. The van der Waals surface area contributed by atoms with Gasteiger partial charge in [0.05, 0.1) is 12.2 Å². The van der Waals surface area contributed by atoms with Crippen LogP contribution in [0.2, 0.25) is 5.02 Å². The number of imide groups is 1. The highest BCUT2D eigenvalue weighted by Crippen LogP contribution is 2.30. The molecule has 1 fully saturated rings. The first-order chi connectivity index (χ1) is 10.5. The van der Waals surface area contributed by atoms with Crippen molar-refractivity contribution in [2.24, 2.45) is 0 Å². The molecule has 3 rings (SSSR count). The van der Waals surface area contributed by atoms with Gasteiger partial charge in [0.15, 0.2) is 0 Å². The predicted molar refractivity (Wildman–Crippen MR) is 82.1 cm³/mol. The highest BCUT2D eigenvalue weighted by molar-refractivity contribution is 6.30. The molecule has 0 aliphatic carbocycles. The molecule has 1 aromatic heterocycles. The van der Waals surface area contributed by atoms with Gasteiger partial charge in [-0.3, -0.25) is 14.7 Å². The second-order valence-corrected chi connectivity index (χ2v) is 5.71. The Morgan fingerprint density at radius 3 is 2.73 bits per heavy atom. The average Bonchev–Trinajstić information content (AvgIpc) is 2.73. The molecule has 1 aliphatic rings. The molecule has 0 bridgehead atoms. The molecule has 1 saturated heterocycles. The van der Waals surface area contributed by atoms with Gasteiger partial charge in [0.2, 0.25) is 0 Å². The summed E-state index contributed by atoms with van der Waals surface area (Å²) in [5, 5.41) is 3.26. The summed E-state index contributed by atoms with van der Waals surface area (Å²) in [6.45, 7) is 1.82. The number of aromatic nitrogens is 1. The summed E-state index contributed by atoms with van der Waals surface area (Å²) in [5.74, 6) is -0.314. The Balaban J connectivity index is 1.91. The zero-order valence-corrected chi connectivity index (χ0v) is 12.7. The lowest BCUT2D eigenvalue weighted by atomic mass is 9.92. The third-order valence-electron chi connectivity index (χ3n) is 3.72. The number of halogens is 1. The highest BCUT2D eigenvalue weighted by Gasteiger charge is 2.49. The van der Waals surface area contributed by atoms with Crippen LogP contribution in [0.1, 0.15) is 18.2 Å². The fraction of sp³-hybridized carbons (Fsp3) is 0.188. The fourth-order valence-electron chi connectivity index (χ4n) is 2.49. The van der Waals surface area contributed by atoms with E-state index in [1.807, 2.05) is 6.07 Å². The zero-order chi connectivity index (χ0) is 15.7. The summed E-state index contributed by atoms with van der Waals surface area (Å²) in [5.41, 5.74) is 0.194. The first-order valence-electron chi connectivity index (χ1n) is 6.81. The Labute approximate surface area is 132 Å². The van der Waals surface area contributed by atoms with Crippen LogP contribution in [0.3, 0.4) is 0 Å². The highest BCUT2D eigenvalue weighted by atomic mass is 35.5. The van der Waals surface area contributed by atoms with Crippen LogP contribution in [0.5, 0.6) is 0 Å². The lowest BCUT2D eigenvalue weighted by molar-refractivity contribution is -0.131. The van der Waals surface area contributed by atoms with E-state index < -0.39 is 11.6 Å². The summed E-state index contributed by atoms with van der Waals surface area (Å²) < 4.78 is 0. The van der Waals surface area contributed by atoms with Crippen LogP contribution in [0.25, 0.3) is 0 Å². The van der Waals surface area contributed by atoms with Gasteiger partial charge < -0.3 is 5.32 Å². The Morgan fingerprint density at radius 1 is 1.23 bits per heavy atom. The molecule has 1 N–H and O–H groups in total. The molecular formula is C16H14ClN3O2. The molecule has 0 unspecified atom stereocenters. The SMILES string of the molecule is C[C@@]1(c2cccc(Cl)c2)NC(=O)N(Cc2ccccn2)C1=O. The summed E-state index contributed by atoms with van der Waals surface area (Å²) >= 11 is 5.99. The maximum Gasteiger partial charge on any atom is 0.325 e. The molecule has 1 aromatic carbocycles. The van der Waals surface area contributed by atoms with Gasteiger partial charge >= 0.3 is 6.03 Å². The lowest BCUT2D eigenvalue weighted by Gasteiger charge is -2.22. The molecule has 2 aromatic rings. The fourth-order valence-corrected chi connectivity index (χ4v) is 2.68. The Hall–Kier alpha value is -2.40. The molecule has 1 atom stereocenters. The summed E-state index contributed by atoms with van der Waals surface area (Å²) in [6.07, 6.45) is 1.63. The van der Waals surface area contributed by atoms with Crippen molar-refractivity contribution in [1.82, 2.24) is 15.2 Å². The van der Waals surface area contributed by atoms with Crippen LogP contribution in [-0.2, 0) is 16.9 Å². The monoisotopic (exact) mass is 315 g/mol. The third kappa shape index (κ3) is 2.44. The van der Waals surface area contributed by atoms with Crippen molar-refractivity contribution in [2.45, 2.75) is 19.0 Å². The maximum atomic E-state index is 12.7.